The largest absolute Gasteiger partial charge is 0.378 e. The lowest BCUT2D eigenvalue weighted by Gasteiger charge is -2.38. The Kier molecular flexibility index (Phi) is 4.94. The van der Waals surface area contributed by atoms with Crippen molar-refractivity contribution < 1.29 is 9.53 Å². The number of piperazine rings is 1. The quantitative estimate of drug-likeness (QED) is 0.869. The maximum Gasteiger partial charge on any atom is 0.317 e. The number of amides is 2. The number of likely N-dealkylation sites (N-methyl/N-ethyl adjacent to an activating group) is 1. The van der Waals surface area contributed by atoms with Crippen molar-refractivity contribution >= 4 is 6.03 Å². The van der Waals surface area contributed by atoms with Gasteiger partial charge in [0.2, 0.25) is 0 Å². The van der Waals surface area contributed by atoms with Crippen molar-refractivity contribution in [2.24, 2.45) is 0 Å². The van der Waals surface area contributed by atoms with Crippen molar-refractivity contribution in [1.29, 1.82) is 0 Å². The van der Waals surface area contributed by atoms with E-state index in [4.69, 9.17) is 4.74 Å². The molecule has 0 radical (unpaired) electrons. The Morgan fingerprint density at radius 1 is 1.55 bits per heavy atom. The highest BCUT2D eigenvalue weighted by Crippen LogP contribution is 2.21. The third-order valence-electron chi connectivity index (χ3n) is 4.54. The van der Waals surface area contributed by atoms with Gasteiger partial charge in [0.25, 0.3) is 0 Å². The van der Waals surface area contributed by atoms with Crippen LogP contribution in [0.3, 0.4) is 0 Å². The van der Waals surface area contributed by atoms with Crippen molar-refractivity contribution in [3.8, 4) is 0 Å². The molecule has 2 saturated heterocycles. The predicted octanol–water partition coefficient (Wildman–Crippen LogP) is 0.977. The van der Waals surface area contributed by atoms with Crippen molar-refractivity contribution in [3.05, 3.63) is 18.2 Å². The number of aromatic amines is 1. The molecule has 1 aromatic heterocycles. The van der Waals surface area contributed by atoms with Crippen molar-refractivity contribution in [1.82, 2.24) is 25.1 Å². The number of aromatic nitrogens is 2. The van der Waals surface area contributed by atoms with E-state index >= 15 is 0 Å². The molecular formula is C15H25N5O2. The van der Waals surface area contributed by atoms with Gasteiger partial charge >= 0.3 is 6.03 Å². The highest BCUT2D eigenvalue weighted by atomic mass is 16.5. The number of imidazole rings is 1. The minimum absolute atomic E-state index is 0.0163. The number of nitrogens with one attached hydrogen (secondary N) is 2. The first kappa shape index (κ1) is 15.3. The van der Waals surface area contributed by atoms with Crippen LogP contribution >= 0.6 is 0 Å². The molecule has 0 saturated carbocycles. The molecule has 0 spiro atoms. The van der Waals surface area contributed by atoms with E-state index in [1.165, 1.54) is 0 Å². The minimum atomic E-state index is 0.0163. The predicted molar refractivity (Wildman–Crippen MR) is 82.5 cm³/mol. The maximum atomic E-state index is 12.3. The number of nitrogens with zero attached hydrogens (tertiary/aromatic N) is 3. The van der Waals surface area contributed by atoms with E-state index in [1.54, 1.807) is 6.20 Å². The van der Waals surface area contributed by atoms with Gasteiger partial charge in [-0.05, 0) is 26.3 Å². The monoisotopic (exact) mass is 307 g/mol. The molecule has 122 valence electrons. The third-order valence-corrected chi connectivity index (χ3v) is 4.54. The molecule has 22 heavy (non-hydrogen) atoms. The summed E-state index contributed by atoms with van der Waals surface area (Å²) in [7, 11) is 2.07. The Morgan fingerprint density at radius 3 is 3.18 bits per heavy atom. The lowest BCUT2D eigenvalue weighted by Crippen LogP contribution is -2.52. The van der Waals surface area contributed by atoms with Crippen LogP contribution in [-0.2, 0) is 4.74 Å². The molecule has 7 nitrogen and oxygen atoms in total. The highest BCUT2D eigenvalue weighted by Gasteiger charge is 2.29. The van der Waals surface area contributed by atoms with Gasteiger partial charge in [0.1, 0.15) is 5.82 Å². The Labute approximate surface area is 131 Å². The first-order chi connectivity index (χ1) is 10.7. The molecule has 1 aromatic rings. The van der Waals surface area contributed by atoms with Gasteiger partial charge in [-0.15, -0.1) is 0 Å². The summed E-state index contributed by atoms with van der Waals surface area (Å²) in [5.74, 6) is 0.916. The standard InChI is InChI=1S/C15H25N5O2/c1-19-8-9-20(11-13(19)14-16-6-7-17-14)15(21)18-5-4-12-3-2-10-22-12/h6-7,12-13H,2-5,8-11H2,1H3,(H,16,17)(H,18,21)/t12-,13-/m0/s1. The van der Waals surface area contributed by atoms with Crippen LogP contribution in [0.5, 0.6) is 0 Å². The number of urea groups is 1. The van der Waals surface area contributed by atoms with Gasteiger partial charge in [-0.2, -0.15) is 0 Å². The topological polar surface area (TPSA) is 73.5 Å². The van der Waals surface area contributed by atoms with Gasteiger partial charge in [-0.25, -0.2) is 9.78 Å². The Morgan fingerprint density at radius 2 is 2.45 bits per heavy atom. The molecule has 0 aromatic carbocycles. The van der Waals surface area contributed by atoms with Crippen molar-refractivity contribution in [3.63, 3.8) is 0 Å². The van der Waals surface area contributed by atoms with Crippen molar-refractivity contribution in [2.45, 2.75) is 31.4 Å². The molecule has 2 atom stereocenters. The molecule has 2 aliphatic rings. The highest BCUT2D eigenvalue weighted by molar-refractivity contribution is 5.74. The maximum absolute atomic E-state index is 12.3. The molecule has 0 bridgehead atoms. The van der Waals surface area contributed by atoms with Crippen LogP contribution in [0, 0.1) is 0 Å². The summed E-state index contributed by atoms with van der Waals surface area (Å²) in [6.07, 6.45) is 7.06. The number of carbonyl (C=O) groups excluding carboxylic acids is 1. The smallest absolute Gasteiger partial charge is 0.317 e. The zero-order chi connectivity index (χ0) is 15.4. The van der Waals surface area contributed by atoms with Gasteiger partial charge in [-0.3, -0.25) is 4.90 Å². The first-order valence-corrected chi connectivity index (χ1v) is 8.08. The molecule has 3 heterocycles. The van der Waals surface area contributed by atoms with E-state index in [-0.39, 0.29) is 12.1 Å². The third kappa shape index (κ3) is 3.59. The molecule has 2 N–H and O–H groups in total. The van der Waals surface area contributed by atoms with Gasteiger partial charge in [0.05, 0.1) is 12.1 Å². The average molecular weight is 307 g/mol. The fraction of sp³-hybridized carbons (Fsp3) is 0.733. The number of hydrogen-bond acceptors (Lipinski definition) is 4. The Hall–Kier alpha value is -1.60. The molecule has 0 unspecified atom stereocenters. The van der Waals surface area contributed by atoms with Crippen LogP contribution in [0.1, 0.15) is 31.1 Å². The number of H-pyrrole nitrogens is 1. The molecule has 7 heteroatoms. The number of hydrogen-bond donors (Lipinski definition) is 2. The summed E-state index contributed by atoms with van der Waals surface area (Å²) < 4.78 is 5.58. The molecule has 0 aliphatic carbocycles. The Balaban J connectivity index is 1.47. The fourth-order valence-electron chi connectivity index (χ4n) is 3.14. The van der Waals surface area contributed by atoms with Crippen LogP contribution in [0.15, 0.2) is 12.4 Å². The summed E-state index contributed by atoms with van der Waals surface area (Å²) in [5, 5.41) is 3.02. The van der Waals surface area contributed by atoms with Crippen LogP contribution < -0.4 is 5.32 Å². The zero-order valence-corrected chi connectivity index (χ0v) is 13.1. The van der Waals surface area contributed by atoms with Gasteiger partial charge in [0, 0.05) is 45.2 Å². The molecule has 2 fully saturated rings. The van der Waals surface area contributed by atoms with E-state index in [0.29, 0.717) is 19.2 Å². The second-order valence-electron chi connectivity index (χ2n) is 6.07. The van der Waals surface area contributed by atoms with Crippen LogP contribution in [0.2, 0.25) is 0 Å². The number of rotatable bonds is 4. The normalized spacial score (nSPS) is 26.3. The second-order valence-corrected chi connectivity index (χ2v) is 6.07. The van der Waals surface area contributed by atoms with Gasteiger partial charge in [0.15, 0.2) is 0 Å². The molecule has 2 aliphatic heterocycles. The Bertz CT molecular complexity index is 472. The van der Waals surface area contributed by atoms with E-state index in [9.17, 15) is 4.79 Å². The summed E-state index contributed by atoms with van der Waals surface area (Å²) in [4.78, 5) is 23.9. The first-order valence-electron chi connectivity index (χ1n) is 8.08. The SMILES string of the molecule is CN1CCN(C(=O)NCC[C@@H]2CCCO2)C[C@H]1c1ncc[nH]1. The van der Waals surface area contributed by atoms with Crippen LogP contribution in [0.4, 0.5) is 4.79 Å². The summed E-state index contributed by atoms with van der Waals surface area (Å²) in [6, 6.07) is 0.148. The summed E-state index contributed by atoms with van der Waals surface area (Å²) in [5.41, 5.74) is 0. The molecular weight excluding hydrogens is 282 g/mol. The lowest BCUT2D eigenvalue weighted by molar-refractivity contribution is 0.0975. The number of ether oxygens (including phenoxy) is 1. The van der Waals surface area contributed by atoms with Gasteiger partial charge in [-0.1, -0.05) is 0 Å². The number of carbonyl (C=O) groups is 1. The lowest BCUT2D eigenvalue weighted by atomic mass is 10.1. The fourth-order valence-corrected chi connectivity index (χ4v) is 3.14. The van der Waals surface area contributed by atoms with Crippen molar-refractivity contribution in [2.75, 3.05) is 39.8 Å². The summed E-state index contributed by atoms with van der Waals surface area (Å²) >= 11 is 0. The van der Waals surface area contributed by atoms with Crippen LogP contribution in [-0.4, -0.2) is 71.7 Å². The zero-order valence-electron chi connectivity index (χ0n) is 13.1. The van der Waals surface area contributed by atoms with E-state index in [0.717, 1.165) is 44.8 Å². The van der Waals surface area contributed by atoms with E-state index in [2.05, 4.69) is 27.2 Å². The minimum Gasteiger partial charge on any atom is -0.378 e. The van der Waals surface area contributed by atoms with Gasteiger partial charge < -0.3 is 19.9 Å². The van der Waals surface area contributed by atoms with E-state index < -0.39 is 0 Å². The molecule has 3 rings (SSSR count). The molecule has 2 amide bonds. The average Bonchev–Trinajstić information content (AvgIpc) is 3.21. The van der Waals surface area contributed by atoms with Crippen LogP contribution in [0.25, 0.3) is 0 Å². The summed E-state index contributed by atoms with van der Waals surface area (Å²) in [6.45, 7) is 3.81. The van der Waals surface area contributed by atoms with E-state index in [1.807, 2.05) is 11.1 Å². The second kappa shape index (κ2) is 7.11.